The lowest BCUT2D eigenvalue weighted by Gasteiger charge is -2.23. The van der Waals surface area contributed by atoms with Crippen LogP contribution in [0.25, 0.3) is 0 Å². The van der Waals surface area contributed by atoms with Crippen molar-refractivity contribution < 1.29 is 37.3 Å². The van der Waals surface area contributed by atoms with Crippen molar-refractivity contribution in [3.63, 3.8) is 0 Å². The number of carboxylic acid groups (broad SMARTS) is 1. The molecule has 2 N–H and O–H groups in total. The Morgan fingerprint density at radius 3 is 2.53 bits per heavy atom. The van der Waals surface area contributed by atoms with E-state index < -0.39 is 18.4 Å². The molecule has 7 nitrogen and oxygen atoms in total. The van der Waals surface area contributed by atoms with Gasteiger partial charge in [-0.05, 0) is 79.6 Å². The summed E-state index contributed by atoms with van der Waals surface area (Å²) in [5, 5.41) is 11.8. The first kappa shape index (κ1) is 27.6. The van der Waals surface area contributed by atoms with E-state index in [0.29, 0.717) is 35.5 Å². The molecule has 2 aromatic carbocycles. The fraction of sp³-hybridized carbons (Fsp3) is 0.440. The molecule has 196 valence electrons. The van der Waals surface area contributed by atoms with Crippen LogP contribution in [0.15, 0.2) is 30.3 Å². The van der Waals surface area contributed by atoms with Gasteiger partial charge in [0.15, 0.2) is 0 Å². The summed E-state index contributed by atoms with van der Waals surface area (Å²) in [4.78, 5) is 25.5. The summed E-state index contributed by atoms with van der Waals surface area (Å²) in [6.45, 7) is 2.35. The van der Waals surface area contributed by atoms with E-state index in [9.17, 15) is 22.8 Å². The van der Waals surface area contributed by atoms with Gasteiger partial charge in [0.05, 0.1) is 12.5 Å². The van der Waals surface area contributed by atoms with Crippen molar-refractivity contribution in [3.05, 3.63) is 52.6 Å². The summed E-state index contributed by atoms with van der Waals surface area (Å²) >= 11 is 0. The Kier molecular flexibility index (Phi) is 8.40. The van der Waals surface area contributed by atoms with Crippen LogP contribution in [0.4, 0.5) is 18.9 Å². The van der Waals surface area contributed by atoms with Crippen molar-refractivity contribution in [3.8, 4) is 11.5 Å². The average molecular weight is 529 g/mol. The summed E-state index contributed by atoms with van der Waals surface area (Å²) in [6, 6.07) is 7.44. The Morgan fingerprint density at radius 1 is 1.19 bits per heavy atom. The van der Waals surface area contributed by atoms with E-state index in [-0.39, 0.29) is 43.0 Å². The molecule has 1 fully saturated rings. The van der Waals surface area contributed by atoms with Gasteiger partial charge < -0.3 is 24.8 Å². The highest BCUT2D eigenvalue weighted by atomic mass is 35.5. The van der Waals surface area contributed by atoms with Crippen LogP contribution in [0.2, 0.25) is 0 Å². The van der Waals surface area contributed by atoms with Gasteiger partial charge in [0.2, 0.25) is 5.91 Å². The number of carbonyl (C=O) groups excluding carboxylic acids is 1. The molecule has 1 aliphatic heterocycles. The second-order valence-electron chi connectivity index (χ2n) is 8.85. The van der Waals surface area contributed by atoms with Crippen molar-refractivity contribution in [1.29, 1.82) is 0 Å². The minimum absolute atomic E-state index is 0. The van der Waals surface area contributed by atoms with E-state index >= 15 is 0 Å². The van der Waals surface area contributed by atoms with Crippen LogP contribution in [0.3, 0.4) is 0 Å². The number of hydrogen-bond donors (Lipinski definition) is 2. The molecule has 1 saturated carbocycles. The minimum Gasteiger partial charge on any atom is -0.489 e. The number of hydrogen-bond acceptors (Lipinski definition) is 5. The standard InChI is InChI=1S/C25H27F3N2O5.ClH/c1-14-17-9-10-30(24(33)19(29-2)12-23(31)32)20(17)7-8-21(14)34-13-15-3-6-18(16-4-5-16)22(11-15)35-25(26,27)28;/h3,6-8,11,16,19,29H,4-5,9-10,12-13H2,1-2H3,(H,31,32);1H/t19-;/m1./s1. The topological polar surface area (TPSA) is 88.1 Å². The molecule has 1 atom stereocenters. The van der Waals surface area contributed by atoms with Crippen LogP contribution in [-0.4, -0.2) is 43.0 Å². The van der Waals surface area contributed by atoms with E-state index in [1.54, 1.807) is 36.2 Å². The van der Waals surface area contributed by atoms with Gasteiger partial charge in [0.25, 0.3) is 0 Å². The number of rotatable bonds is 9. The number of fused-ring (bicyclic) bond motifs is 1. The third-order valence-electron chi connectivity index (χ3n) is 6.41. The van der Waals surface area contributed by atoms with E-state index in [0.717, 1.165) is 24.0 Å². The van der Waals surface area contributed by atoms with Gasteiger partial charge in [-0.25, -0.2) is 0 Å². The molecule has 1 amide bonds. The molecule has 0 spiro atoms. The SMILES string of the molecule is CN[C@H](CC(=O)O)C(=O)N1CCc2c1ccc(OCc1ccc(C3CC3)c(OC(F)(F)F)c1)c2C.Cl. The Balaban J connectivity index is 0.00000361. The summed E-state index contributed by atoms with van der Waals surface area (Å²) in [6.07, 6.45) is -2.79. The molecule has 0 saturated heterocycles. The fourth-order valence-electron chi connectivity index (χ4n) is 4.47. The number of nitrogens with one attached hydrogen (secondary N) is 1. The number of alkyl halides is 3. The van der Waals surface area contributed by atoms with Gasteiger partial charge in [-0.3, -0.25) is 9.59 Å². The van der Waals surface area contributed by atoms with Crippen molar-refractivity contribution in [2.75, 3.05) is 18.5 Å². The molecule has 2 aliphatic rings. The third-order valence-corrected chi connectivity index (χ3v) is 6.41. The van der Waals surface area contributed by atoms with Gasteiger partial charge >= 0.3 is 12.3 Å². The maximum absolute atomic E-state index is 12.9. The first-order valence-electron chi connectivity index (χ1n) is 11.4. The Bertz CT molecular complexity index is 1140. The predicted octanol–water partition coefficient (Wildman–Crippen LogP) is 4.72. The Hall–Kier alpha value is -2.98. The summed E-state index contributed by atoms with van der Waals surface area (Å²) in [5.74, 6) is -0.884. The van der Waals surface area contributed by atoms with Gasteiger partial charge in [-0.1, -0.05) is 12.1 Å². The maximum Gasteiger partial charge on any atom is 0.573 e. The van der Waals surface area contributed by atoms with E-state index in [1.165, 1.54) is 6.07 Å². The fourth-order valence-corrected chi connectivity index (χ4v) is 4.47. The summed E-state index contributed by atoms with van der Waals surface area (Å²) in [7, 11) is 1.55. The van der Waals surface area contributed by atoms with Gasteiger partial charge in [0, 0.05) is 12.2 Å². The molecule has 36 heavy (non-hydrogen) atoms. The van der Waals surface area contributed by atoms with Crippen molar-refractivity contribution in [2.24, 2.45) is 0 Å². The van der Waals surface area contributed by atoms with Crippen LogP contribution in [0.5, 0.6) is 11.5 Å². The highest BCUT2D eigenvalue weighted by molar-refractivity contribution is 6.00. The predicted molar refractivity (Wildman–Crippen MR) is 129 cm³/mol. The zero-order chi connectivity index (χ0) is 25.3. The zero-order valence-corrected chi connectivity index (χ0v) is 20.7. The number of carboxylic acids is 1. The molecule has 0 radical (unpaired) electrons. The van der Waals surface area contributed by atoms with Gasteiger partial charge in [-0.15, -0.1) is 25.6 Å². The summed E-state index contributed by atoms with van der Waals surface area (Å²) in [5.41, 5.74) is 3.58. The Morgan fingerprint density at radius 2 is 1.92 bits per heavy atom. The first-order valence-corrected chi connectivity index (χ1v) is 11.4. The Labute approximate surface area is 213 Å². The molecule has 0 aromatic heterocycles. The largest absolute Gasteiger partial charge is 0.573 e. The molecule has 0 unspecified atom stereocenters. The molecular weight excluding hydrogens is 501 g/mol. The second kappa shape index (κ2) is 11.0. The normalized spacial score (nSPS) is 15.6. The van der Waals surface area contributed by atoms with E-state index in [4.69, 9.17) is 9.84 Å². The zero-order valence-electron chi connectivity index (χ0n) is 19.9. The molecule has 4 rings (SSSR count). The number of amides is 1. The lowest BCUT2D eigenvalue weighted by molar-refractivity contribution is -0.274. The van der Waals surface area contributed by atoms with Crippen molar-refractivity contribution in [1.82, 2.24) is 5.32 Å². The van der Waals surface area contributed by atoms with Crippen LogP contribution in [0, 0.1) is 6.92 Å². The number of benzene rings is 2. The van der Waals surface area contributed by atoms with Crippen LogP contribution in [0.1, 0.15) is 47.4 Å². The number of halogens is 4. The molecule has 0 bridgehead atoms. The minimum atomic E-state index is -4.76. The number of aliphatic carboxylic acids is 1. The lowest BCUT2D eigenvalue weighted by Crippen LogP contribution is -2.45. The van der Waals surface area contributed by atoms with Gasteiger partial charge in [0.1, 0.15) is 18.1 Å². The smallest absolute Gasteiger partial charge is 0.489 e. The number of nitrogens with zero attached hydrogens (tertiary/aromatic N) is 1. The molecular formula is C25H28ClF3N2O5. The van der Waals surface area contributed by atoms with Crippen LogP contribution < -0.4 is 19.7 Å². The van der Waals surface area contributed by atoms with E-state index in [1.807, 2.05) is 6.92 Å². The number of likely N-dealkylation sites (N-methyl/N-ethyl adjacent to an activating group) is 1. The lowest BCUT2D eigenvalue weighted by atomic mass is 10.0. The third kappa shape index (κ3) is 6.22. The second-order valence-corrected chi connectivity index (χ2v) is 8.85. The van der Waals surface area contributed by atoms with Crippen molar-refractivity contribution >= 4 is 30.0 Å². The summed E-state index contributed by atoms with van der Waals surface area (Å²) < 4.78 is 48.8. The molecule has 2 aromatic rings. The molecule has 1 aliphatic carbocycles. The number of anilines is 1. The maximum atomic E-state index is 12.9. The average Bonchev–Trinajstić information content (AvgIpc) is 3.53. The van der Waals surface area contributed by atoms with E-state index in [2.05, 4.69) is 10.1 Å². The monoisotopic (exact) mass is 528 g/mol. The van der Waals surface area contributed by atoms with Crippen LogP contribution in [-0.2, 0) is 22.6 Å². The highest BCUT2D eigenvalue weighted by Crippen LogP contribution is 2.45. The van der Waals surface area contributed by atoms with Gasteiger partial charge in [-0.2, -0.15) is 0 Å². The molecule has 11 heteroatoms. The molecule has 1 heterocycles. The van der Waals surface area contributed by atoms with Crippen LogP contribution >= 0.6 is 12.4 Å². The van der Waals surface area contributed by atoms with Crippen molar-refractivity contribution in [2.45, 2.75) is 57.5 Å². The number of ether oxygens (including phenoxy) is 2. The first-order chi connectivity index (χ1) is 16.6. The number of carbonyl (C=O) groups is 2. The quantitative estimate of drug-likeness (QED) is 0.489. The highest BCUT2D eigenvalue weighted by Gasteiger charge is 2.35.